The van der Waals surface area contributed by atoms with E-state index in [2.05, 4.69) is 0 Å². The van der Waals surface area contributed by atoms with Crippen molar-refractivity contribution < 1.29 is 32.7 Å². The maximum atomic E-state index is 14.2. The van der Waals surface area contributed by atoms with Crippen molar-refractivity contribution in [2.75, 3.05) is 27.4 Å². The van der Waals surface area contributed by atoms with Crippen molar-refractivity contribution in [1.82, 2.24) is 9.80 Å². The molecule has 2 aromatic rings. The number of rotatable bonds is 12. The Morgan fingerprint density at radius 3 is 1.57 bits per heavy atom. The van der Waals surface area contributed by atoms with Gasteiger partial charge in [-0.15, -0.1) is 0 Å². The Morgan fingerprint density at radius 1 is 0.757 bits per heavy atom. The molecule has 202 valence electrons. The maximum absolute atomic E-state index is 14.2. The van der Waals surface area contributed by atoms with E-state index in [1.54, 1.807) is 52.3 Å². The smallest absolute Gasteiger partial charge is 0.362 e. The van der Waals surface area contributed by atoms with Gasteiger partial charge in [0.2, 0.25) is 11.7 Å². The Labute approximate surface area is 219 Å². The van der Waals surface area contributed by atoms with Crippen LogP contribution in [0.15, 0.2) is 48.5 Å². The van der Waals surface area contributed by atoms with Crippen molar-refractivity contribution in [2.45, 2.75) is 52.6 Å². The third-order valence-corrected chi connectivity index (χ3v) is 8.58. The fourth-order valence-electron chi connectivity index (χ4n) is 4.53. The standard InChI is InChI=1S/C27H37N2O7P/c1-7-35-37(32,36-8-2)27-26(31)28(17-20-9-13-22(33-5)14-10-20)24(19(3)4)25(30)29(27)18-21-11-15-23(34-6)16-12-21/h9-16,19,24,27H,7-8,17-18H2,1-6H3/t24-,27-/m0/s1. The van der Waals surface area contributed by atoms with Crippen LogP contribution in [0.3, 0.4) is 0 Å². The van der Waals surface area contributed by atoms with Crippen LogP contribution in [0.1, 0.15) is 38.8 Å². The van der Waals surface area contributed by atoms with Crippen molar-refractivity contribution in [1.29, 1.82) is 0 Å². The molecule has 2 aromatic carbocycles. The summed E-state index contributed by atoms with van der Waals surface area (Å²) in [6, 6.07) is 13.7. The quantitative estimate of drug-likeness (QED) is 0.366. The minimum Gasteiger partial charge on any atom is -0.497 e. The molecule has 0 N–H and O–H groups in total. The zero-order chi connectivity index (χ0) is 27.2. The van der Waals surface area contributed by atoms with Gasteiger partial charge in [-0.05, 0) is 55.2 Å². The van der Waals surface area contributed by atoms with Crippen LogP contribution in [0.25, 0.3) is 0 Å². The Morgan fingerprint density at radius 2 is 1.19 bits per heavy atom. The molecule has 37 heavy (non-hydrogen) atoms. The highest BCUT2D eigenvalue weighted by Gasteiger charge is 2.56. The summed E-state index contributed by atoms with van der Waals surface area (Å²) >= 11 is 0. The lowest BCUT2D eigenvalue weighted by Gasteiger charge is -2.47. The molecule has 0 bridgehead atoms. The second-order valence-corrected chi connectivity index (χ2v) is 11.2. The molecule has 1 aliphatic rings. The highest BCUT2D eigenvalue weighted by Crippen LogP contribution is 2.56. The molecule has 10 heteroatoms. The minimum absolute atomic E-state index is 0.0672. The van der Waals surface area contributed by atoms with Crippen molar-refractivity contribution in [3.05, 3.63) is 59.7 Å². The monoisotopic (exact) mass is 532 g/mol. The van der Waals surface area contributed by atoms with Gasteiger partial charge in [-0.3, -0.25) is 14.2 Å². The number of hydrogen-bond acceptors (Lipinski definition) is 7. The van der Waals surface area contributed by atoms with Crippen LogP contribution in [-0.4, -0.2) is 60.9 Å². The molecule has 0 radical (unpaired) electrons. The highest BCUT2D eigenvalue weighted by atomic mass is 31.2. The largest absolute Gasteiger partial charge is 0.497 e. The predicted octanol–water partition coefficient (Wildman–Crippen LogP) is 4.69. The number of methoxy groups -OCH3 is 2. The number of amides is 2. The van der Waals surface area contributed by atoms with Crippen LogP contribution in [-0.2, 0) is 36.3 Å². The van der Waals surface area contributed by atoms with E-state index in [9.17, 15) is 14.2 Å². The Bertz CT molecular complexity index is 1090. The van der Waals surface area contributed by atoms with E-state index in [-0.39, 0.29) is 38.1 Å². The molecule has 1 aliphatic heterocycles. The number of benzene rings is 2. The topological polar surface area (TPSA) is 94.6 Å². The molecule has 1 saturated heterocycles. The number of hydrogen-bond donors (Lipinski definition) is 0. The molecular weight excluding hydrogens is 495 g/mol. The molecule has 0 saturated carbocycles. The molecule has 0 aliphatic carbocycles. The lowest BCUT2D eigenvalue weighted by Crippen LogP contribution is -2.65. The zero-order valence-corrected chi connectivity index (χ0v) is 23.3. The molecule has 3 rings (SSSR count). The van der Waals surface area contributed by atoms with Crippen LogP contribution < -0.4 is 9.47 Å². The third-order valence-electron chi connectivity index (χ3n) is 6.24. The second-order valence-electron chi connectivity index (χ2n) is 9.07. The van der Waals surface area contributed by atoms with Gasteiger partial charge in [0.05, 0.1) is 27.4 Å². The Hall–Kier alpha value is -2.87. The summed E-state index contributed by atoms with van der Waals surface area (Å²) in [5.41, 5.74) is 1.58. The van der Waals surface area contributed by atoms with Crippen LogP contribution in [0.5, 0.6) is 11.5 Å². The van der Waals surface area contributed by atoms with Gasteiger partial charge in [0.15, 0.2) is 0 Å². The van der Waals surface area contributed by atoms with Crippen molar-refractivity contribution in [3.63, 3.8) is 0 Å². The van der Waals surface area contributed by atoms with Gasteiger partial charge in [0, 0.05) is 13.1 Å². The molecule has 9 nitrogen and oxygen atoms in total. The fraction of sp³-hybridized carbons (Fsp3) is 0.481. The average molecular weight is 533 g/mol. The fourth-order valence-corrected chi connectivity index (χ4v) is 6.56. The van der Waals surface area contributed by atoms with Gasteiger partial charge in [-0.25, -0.2) is 0 Å². The molecule has 0 spiro atoms. The van der Waals surface area contributed by atoms with Crippen molar-refractivity contribution in [3.8, 4) is 11.5 Å². The molecule has 0 aromatic heterocycles. The van der Waals surface area contributed by atoms with Gasteiger partial charge in [0.25, 0.3) is 5.91 Å². The molecule has 0 unspecified atom stereocenters. The molecule has 1 heterocycles. The normalized spacial score (nSPS) is 18.5. The van der Waals surface area contributed by atoms with Gasteiger partial charge < -0.3 is 28.3 Å². The average Bonchev–Trinajstić information content (AvgIpc) is 2.88. The van der Waals surface area contributed by atoms with E-state index < -0.39 is 25.3 Å². The first-order valence-corrected chi connectivity index (χ1v) is 14.1. The SMILES string of the molecule is CCOP(=O)(OCC)[C@H]1C(=O)N(Cc2ccc(OC)cc2)[C@@H](C(C)C)C(=O)N1Cc1ccc(OC)cc1. The number of carbonyl (C=O) groups excluding carboxylic acids is 2. The number of piperazine rings is 1. The van der Waals surface area contributed by atoms with Crippen molar-refractivity contribution in [2.24, 2.45) is 5.92 Å². The number of ether oxygens (including phenoxy) is 2. The van der Waals surface area contributed by atoms with Crippen molar-refractivity contribution >= 4 is 19.4 Å². The predicted molar refractivity (Wildman–Crippen MR) is 140 cm³/mol. The summed E-state index contributed by atoms with van der Waals surface area (Å²) in [5.74, 6) is -1.01. The maximum Gasteiger partial charge on any atom is 0.362 e. The first-order valence-electron chi connectivity index (χ1n) is 12.4. The van der Waals surface area contributed by atoms with E-state index >= 15 is 0 Å². The summed E-state index contributed by atoms with van der Waals surface area (Å²) in [5, 5.41) is 0. The lowest BCUT2D eigenvalue weighted by molar-refractivity contribution is -0.162. The molecule has 2 atom stereocenters. The second kappa shape index (κ2) is 12.6. The summed E-state index contributed by atoms with van der Waals surface area (Å²) in [7, 11) is -0.886. The van der Waals surface area contributed by atoms with Gasteiger partial charge in [-0.2, -0.15) is 0 Å². The summed E-state index contributed by atoms with van der Waals surface area (Å²) in [6.07, 6.45) is 0. The van der Waals surface area contributed by atoms with E-state index in [4.69, 9.17) is 18.5 Å². The molecule has 1 fully saturated rings. The van der Waals surface area contributed by atoms with E-state index in [0.29, 0.717) is 11.5 Å². The summed E-state index contributed by atoms with van der Waals surface area (Å²) in [6.45, 7) is 7.53. The van der Waals surface area contributed by atoms with E-state index in [0.717, 1.165) is 11.1 Å². The lowest BCUT2D eigenvalue weighted by atomic mass is 9.96. The van der Waals surface area contributed by atoms with Crippen LogP contribution in [0.2, 0.25) is 0 Å². The van der Waals surface area contributed by atoms with E-state index in [1.165, 1.54) is 9.80 Å². The Kier molecular flexibility index (Phi) is 9.76. The first-order chi connectivity index (χ1) is 17.7. The Balaban J connectivity index is 2.07. The molecular formula is C27H37N2O7P. The van der Waals surface area contributed by atoms with Gasteiger partial charge >= 0.3 is 7.60 Å². The first kappa shape index (κ1) is 28.7. The molecule has 2 amide bonds. The number of nitrogens with zero attached hydrogens (tertiary/aromatic N) is 2. The van der Waals surface area contributed by atoms with Gasteiger partial charge in [0.1, 0.15) is 17.5 Å². The van der Waals surface area contributed by atoms with Crippen LogP contribution in [0, 0.1) is 5.92 Å². The minimum atomic E-state index is -4.04. The highest BCUT2D eigenvalue weighted by molar-refractivity contribution is 7.55. The number of carbonyl (C=O) groups is 2. The van der Waals surface area contributed by atoms with Gasteiger partial charge in [-0.1, -0.05) is 38.1 Å². The van der Waals surface area contributed by atoms with Crippen LogP contribution in [0.4, 0.5) is 0 Å². The van der Waals surface area contributed by atoms with Crippen LogP contribution >= 0.6 is 7.60 Å². The van der Waals surface area contributed by atoms with E-state index in [1.807, 2.05) is 38.1 Å². The zero-order valence-electron chi connectivity index (χ0n) is 22.4. The third kappa shape index (κ3) is 6.35. The summed E-state index contributed by atoms with van der Waals surface area (Å²) < 4.78 is 35.8. The summed E-state index contributed by atoms with van der Waals surface area (Å²) in [4.78, 5) is 31.1.